The van der Waals surface area contributed by atoms with Gasteiger partial charge in [-0.3, -0.25) is 4.98 Å². The van der Waals surface area contributed by atoms with E-state index in [0.29, 0.717) is 10.6 Å². The fraction of sp³-hybridized carbons (Fsp3) is 0.455. The first kappa shape index (κ1) is 11.4. The number of esters is 1. The Kier molecular flexibility index (Phi) is 3.12. The Bertz CT molecular complexity index is 434. The Morgan fingerprint density at radius 3 is 3.06 bits per heavy atom. The highest BCUT2D eigenvalue weighted by molar-refractivity contribution is 6.34. The van der Waals surface area contributed by atoms with E-state index < -0.39 is 5.97 Å². The van der Waals surface area contributed by atoms with Gasteiger partial charge in [-0.25, -0.2) is 4.79 Å². The largest absolute Gasteiger partial charge is 0.465 e. The van der Waals surface area contributed by atoms with Crippen molar-refractivity contribution in [3.63, 3.8) is 0 Å². The lowest BCUT2D eigenvalue weighted by Crippen LogP contribution is -2.28. The van der Waals surface area contributed by atoms with Crippen molar-refractivity contribution in [2.75, 3.05) is 20.7 Å². The summed E-state index contributed by atoms with van der Waals surface area (Å²) in [5.41, 5.74) is 2.28. The Morgan fingerprint density at radius 2 is 2.38 bits per heavy atom. The topological polar surface area (TPSA) is 42.4 Å². The number of rotatable bonds is 1. The maximum absolute atomic E-state index is 11.4. The predicted molar refractivity (Wildman–Crippen MR) is 60.6 cm³/mol. The number of fused-ring (bicyclic) bond motifs is 1. The zero-order valence-corrected chi connectivity index (χ0v) is 10.0. The van der Waals surface area contributed by atoms with Crippen molar-refractivity contribution in [1.82, 2.24) is 9.88 Å². The lowest BCUT2D eigenvalue weighted by Gasteiger charge is -2.25. The molecular formula is C11H13ClN2O2. The molecule has 0 fully saturated rings. The van der Waals surface area contributed by atoms with Crippen LogP contribution in [0.5, 0.6) is 0 Å². The van der Waals surface area contributed by atoms with Crippen molar-refractivity contribution in [3.8, 4) is 0 Å². The summed E-state index contributed by atoms with van der Waals surface area (Å²) < 4.78 is 4.66. The minimum absolute atomic E-state index is 0.354. The monoisotopic (exact) mass is 240 g/mol. The van der Waals surface area contributed by atoms with Gasteiger partial charge in [-0.2, -0.15) is 0 Å². The van der Waals surface area contributed by atoms with Gasteiger partial charge in [0.1, 0.15) is 0 Å². The fourth-order valence-corrected chi connectivity index (χ4v) is 2.18. The number of hydrogen-bond acceptors (Lipinski definition) is 4. The molecule has 0 bridgehead atoms. The predicted octanol–water partition coefficient (Wildman–Crippen LogP) is 1.51. The number of carbonyl (C=O) groups is 1. The second-order valence-electron chi connectivity index (χ2n) is 3.89. The van der Waals surface area contributed by atoms with Crippen LogP contribution in [0, 0.1) is 0 Å². The van der Waals surface area contributed by atoms with Crippen LogP contribution in [0.1, 0.15) is 21.6 Å². The number of carbonyl (C=O) groups excluding carboxylic acids is 1. The molecule has 0 unspecified atom stereocenters. The minimum Gasteiger partial charge on any atom is -0.465 e. The van der Waals surface area contributed by atoms with Gasteiger partial charge in [0.15, 0.2) is 0 Å². The van der Waals surface area contributed by atoms with Gasteiger partial charge >= 0.3 is 5.97 Å². The maximum Gasteiger partial charge on any atom is 0.340 e. The number of aromatic nitrogens is 1. The molecule has 2 heterocycles. The number of methoxy groups -OCH3 is 1. The summed E-state index contributed by atoms with van der Waals surface area (Å²) in [7, 11) is 3.37. The highest BCUT2D eigenvalue weighted by Gasteiger charge is 2.22. The van der Waals surface area contributed by atoms with Crippen LogP contribution >= 0.6 is 11.6 Å². The van der Waals surface area contributed by atoms with Gasteiger partial charge in [0, 0.05) is 19.3 Å². The van der Waals surface area contributed by atoms with Gasteiger partial charge in [0.05, 0.1) is 23.4 Å². The first-order valence-electron chi connectivity index (χ1n) is 5.06. The second kappa shape index (κ2) is 4.39. The third kappa shape index (κ3) is 1.90. The molecule has 1 aliphatic heterocycles. The van der Waals surface area contributed by atoms with E-state index in [1.165, 1.54) is 13.3 Å². The summed E-state index contributed by atoms with van der Waals surface area (Å²) in [6, 6.07) is 0. The molecule has 1 aromatic heterocycles. The SMILES string of the molecule is COC(=O)c1cnc2c(c1Cl)CCN(C)C2. The highest BCUT2D eigenvalue weighted by Crippen LogP contribution is 2.27. The number of likely N-dealkylation sites (N-methyl/N-ethyl adjacent to an activating group) is 1. The van der Waals surface area contributed by atoms with Crippen LogP contribution in [-0.2, 0) is 17.7 Å². The normalized spacial score (nSPS) is 15.7. The molecule has 0 aromatic carbocycles. The molecule has 0 amide bonds. The second-order valence-corrected chi connectivity index (χ2v) is 4.27. The van der Waals surface area contributed by atoms with Gasteiger partial charge in [0.2, 0.25) is 0 Å². The van der Waals surface area contributed by atoms with Crippen molar-refractivity contribution in [2.24, 2.45) is 0 Å². The smallest absolute Gasteiger partial charge is 0.340 e. The highest BCUT2D eigenvalue weighted by atomic mass is 35.5. The van der Waals surface area contributed by atoms with Crippen LogP contribution in [-0.4, -0.2) is 36.6 Å². The quantitative estimate of drug-likeness (QED) is 0.698. The Balaban J connectivity index is 2.44. The third-order valence-electron chi connectivity index (χ3n) is 2.77. The molecular weight excluding hydrogens is 228 g/mol. The average molecular weight is 241 g/mol. The number of pyridine rings is 1. The molecule has 0 saturated carbocycles. The molecule has 86 valence electrons. The van der Waals surface area contributed by atoms with Gasteiger partial charge in [-0.05, 0) is 19.0 Å². The van der Waals surface area contributed by atoms with Crippen molar-refractivity contribution in [2.45, 2.75) is 13.0 Å². The van der Waals surface area contributed by atoms with Gasteiger partial charge in [-0.15, -0.1) is 0 Å². The molecule has 4 nitrogen and oxygen atoms in total. The van der Waals surface area contributed by atoms with Crippen molar-refractivity contribution in [1.29, 1.82) is 0 Å². The van der Waals surface area contributed by atoms with Crippen LogP contribution in [0.15, 0.2) is 6.20 Å². The lowest BCUT2D eigenvalue weighted by atomic mass is 10.0. The Labute approximate surface area is 99.2 Å². The summed E-state index contributed by atoms with van der Waals surface area (Å²) in [5, 5.41) is 0.491. The number of hydrogen-bond donors (Lipinski definition) is 0. The Morgan fingerprint density at radius 1 is 1.62 bits per heavy atom. The number of ether oxygens (including phenoxy) is 1. The van der Waals surface area contributed by atoms with Gasteiger partial charge in [0.25, 0.3) is 0 Å². The lowest BCUT2D eigenvalue weighted by molar-refractivity contribution is 0.0600. The first-order chi connectivity index (χ1) is 7.63. The van der Waals surface area contributed by atoms with E-state index >= 15 is 0 Å². The molecule has 0 spiro atoms. The molecule has 0 N–H and O–H groups in total. The molecule has 1 aromatic rings. The molecule has 0 saturated heterocycles. The molecule has 5 heteroatoms. The van der Waals surface area contributed by atoms with Crippen molar-refractivity contribution < 1.29 is 9.53 Å². The molecule has 0 atom stereocenters. The van der Waals surface area contributed by atoms with E-state index in [4.69, 9.17) is 11.6 Å². The zero-order chi connectivity index (χ0) is 11.7. The van der Waals surface area contributed by atoms with Crippen LogP contribution in [0.25, 0.3) is 0 Å². The summed E-state index contributed by atoms with van der Waals surface area (Å²) in [6.45, 7) is 1.70. The standard InChI is InChI=1S/C11H13ClN2O2/c1-14-4-3-7-9(6-14)13-5-8(10(7)12)11(15)16-2/h5H,3-4,6H2,1-2H3. The van der Waals surface area contributed by atoms with Crippen LogP contribution in [0.4, 0.5) is 0 Å². The third-order valence-corrected chi connectivity index (χ3v) is 3.20. The van der Waals surface area contributed by atoms with E-state index in [-0.39, 0.29) is 0 Å². The fourth-order valence-electron chi connectivity index (χ4n) is 1.85. The molecule has 2 rings (SSSR count). The van der Waals surface area contributed by atoms with Crippen LogP contribution < -0.4 is 0 Å². The minimum atomic E-state index is -0.431. The van der Waals surface area contributed by atoms with Crippen molar-refractivity contribution >= 4 is 17.6 Å². The van der Waals surface area contributed by atoms with E-state index in [1.54, 1.807) is 0 Å². The van der Waals surface area contributed by atoms with Gasteiger partial charge in [-0.1, -0.05) is 11.6 Å². The number of nitrogens with zero attached hydrogens (tertiary/aromatic N) is 2. The van der Waals surface area contributed by atoms with Gasteiger partial charge < -0.3 is 9.64 Å². The van der Waals surface area contributed by atoms with E-state index in [9.17, 15) is 4.79 Å². The summed E-state index contributed by atoms with van der Waals surface area (Å²) >= 11 is 6.19. The Hall–Kier alpha value is -1.13. The zero-order valence-electron chi connectivity index (χ0n) is 9.29. The average Bonchev–Trinajstić information content (AvgIpc) is 2.28. The van der Waals surface area contributed by atoms with E-state index in [2.05, 4.69) is 14.6 Å². The number of halogens is 1. The molecule has 16 heavy (non-hydrogen) atoms. The van der Waals surface area contributed by atoms with E-state index in [1.807, 2.05) is 7.05 Å². The first-order valence-corrected chi connectivity index (χ1v) is 5.44. The summed E-state index contributed by atoms with van der Waals surface area (Å²) in [5.74, 6) is -0.431. The van der Waals surface area contributed by atoms with E-state index in [0.717, 1.165) is 30.8 Å². The summed E-state index contributed by atoms with van der Waals surface area (Å²) in [4.78, 5) is 17.9. The van der Waals surface area contributed by atoms with Crippen molar-refractivity contribution in [3.05, 3.63) is 28.0 Å². The summed E-state index contributed by atoms with van der Waals surface area (Å²) in [6.07, 6.45) is 2.31. The molecule has 0 radical (unpaired) electrons. The van der Waals surface area contributed by atoms with Crippen LogP contribution in [0.3, 0.4) is 0 Å². The molecule has 1 aliphatic rings. The van der Waals surface area contributed by atoms with Crippen LogP contribution in [0.2, 0.25) is 5.02 Å². The maximum atomic E-state index is 11.4. The molecule has 0 aliphatic carbocycles.